The van der Waals surface area contributed by atoms with Crippen LogP contribution in [-0.2, 0) is 7.05 Å². The van der Waals surface area contributed by atoms with Crippen LogP contribution in [0.15, 0.2) is 41.3 Å². The van der Waals surface area contributed by atoms with Crippen LogP contribution in [0.4, 0.5) is 5.69 Å². The Morgan fingerprint density at radius 3 is 2.92 bits per heavy atom. The van der Waals surface area contributed by atoms with Gasteiger partial charge in [-0.2, -0.15) is 5.10 Å². The predicted octanol–water partition coefficient (Wildman–Crippen LogP) is 1.35. The molecule has 2 heterocycles. The third-order valence-corrected chi connectivity index (χ3v) is 4.55. The number of aromatic nitrogens is 2. The van der Waals surface area contributed by atoms with Gasteiger partial charge in [-0.05, 0) is 30.9 Å². The van der Waals surface area contributed by atoms with E-state index < -0.39 is 0 Å². The number of carbonyl (C=O) groups excluding carboxylic acids is 1. The second kappa shape index (κ2) is 6.86. The third-order valence-electron chi connectivity index (χ3n) is 4.55. The van der Waals surface area contributed by atoms with Gasteiger partial charge in [0.15, 0.2) is 0 Å². The molecule has 2 aromatic rings. The first kappa shape index (κ1) is 16.2. The predicted molar refractivity (Wildman–Crippen MR) is 93.3 cm³/mol. The molecule has 1 aromatic heterocycles. The van der Waals surface area contributed by atoms with Gasteiger partial charge in [-0.25, -0.2) is 4.68 Å². The lowest BCUT2D eigenvalue weighted by Crippen LogP contribution is -2.31. The molecule has 6 nitrogen and oxygen atoms in total. The minimum absolute atomic E-state index is 0.0261. The first-order valence-electron chi connectivity index (χ1n) is 8.17. The molecular formula is C18H22N4O2. The average Bonchev–Trinajstić information content (AvgIpc) is 3.04. The summed E-state index contributed by atoms with van der Waals surface area (Å²) >= 11 is 0. The summed E-state index contributed by atoms with van der Waals surface area (Å²) in [5.41, 5.74) is 2.45. The monoisotopic (exact) mass is 326 g/mol. The highest BCUT2D eigenvalue weighted by atomic mass is 16.1. The normalized spacial score (nSPS) is 17.1. The van der Waals surface area contributed by atoms with Gasteiger partial charge in [-0.1, -0.05) is 18.2 Å². The Balaban J connectivity index is 1.56. The van der Waals surface area contributed by atoms with E-state index in [2.05, 4.69) is 15.3 Å². The highest BCUT2D eigenvalue weighted by Crippen LogP contribution is 2.21. The summed E-state index contributed by atoms with van der Waals surface area (Å²) in [5, 5.41) is 7.09. The summed E-state index contributed by atoms with van der Waals surface area (Å²) < 4.78 is 1.32. The van der Waals surface area contributed by atoms with Gasteiger partial charge in [-0.15, -0.1) is 0 Å². The fourth-order valence-corrected chi connectivity index (χ4v) is 3.03. The van der Waals surface area contributed by atoms with Gasteiger partial charge >= 0.3 is 0 Å². The number of aryl methyl sites for hydroxylation is 2. The summed E-state index contributed by atoms with van der Waals surface area (Å²) in [5.74, 6) is 0.351. The van der Waals surface area contributed by atoms with Crippen LogP contribution < -0.4 is 15.8 Å². The Kier molecular flexibility index (Phi) is 4.64. The SMILES string of the molecule is Cc1ccccc1C(=O)NC[C@@H]1CCN(c2cnn(C)c(=O)c2)C1. The first-order chi connectivity index (χ1) is 11.5. The molecule has 0 saturated carbocycles. The molecule has 24 heavy (non-hydrogen) atoms. The van der Waals surface area contributed by atoms with Crippen molar-refractivity contribution in [3.63, 3.8) is 0 Å². The van der Waals surface area contributed by atoms with E-state index in [0.717, 1.165) is 36.3 Å². The number of amides is 1. The Bertz CT molecular complexity index is 800. The van der Waals surface area contributed by atoms with Crippen LogP contribution in [0.2, 0.25) is 0 Å². The maximum Gasteiger partial charge on any atom is 0.268 e. The summed E-state index contributed by atoms with van der Waals surface area (Å²) in [4.78, 5) is 26.1. The van der Waals surface area contributed by atoms with E-state index in [1.165, 1.54) is 4.68 Å². The van der Waals surface area contributed by atoms with Gasteiger partial charge in [0.1, 0.15) is 0 Å². The van der Waals surface area contributed by atoms with Crippen molar-refractivity contribution in [1.82, 2.24) is 15.1 Å². The molecule has 6 heteroatoms. The Hall–Kier alpha value is -2.63. The number of anilines is 1. The molecule has 1 N–H and O–H groups in total. The molecule has 3 rings (SSSR count). The molecule has 126 valence electrons. The maximum absolute atomic E-state index is 12.3. The number of hydrogen-bond donors (Lipinski definition) is 1. The van der Waals surface area contributed by atoms with Crippen LogP contribution in [0.25, 0.3) is 0 Å². The van der Waals surface area contributed by atoms with Gasteiger partial charge < -0.3 is 10.2 Å². The van der Waals surface area contributed by atoms with Gasteiger partial charge in [0.2, 0.25) is 0 Å². The number of hydrogen-bond acceptors (Lipinski definition) is 4. The zero-order chi connectivity index (χ0) is 17.1. The highest BCUT2D eigenvalue weighted by Gasteiger charge is 2.24. The van der Waals surface area contributed by atoms with Crippen molar-refractivity contribution in [2.75, 3.05) is 24.5 Å². The maximum atomic E-state index is 12.3. The molecule has 1 aliphatic rings. The molecule has 0 bridgehead atoms. The Morgan fingerprint density at radius 1 is 1.38 bits per heavy atom. The van der Waals surface area contributed by atoms with Gasteiger partial charge in [-0.3, -0.25) is 9.59 Å². The zero-order valence-electron chi connectivity index (χ0n) is 14.0. The molecule has 0 unspecified atom stereocenters. The van der Waals surface area contributed by atoms with E-state index in [0.29, 0.717) is 12.5 Å². The van der Waals surface area contributed by atoms with E-state index in [4.69, 9.17) is 0 Å². The zero-order valence-corrected chi connectivity index (χ0v) is 14.0. The first-order valence-corrected chi connectivity index (χ1v) is 8.17. The molecule has 0 aliphatic carbocycles. The van der Waals surface area contributed by atoms with Crippen molar-refractivity contribution in [2.45, 2.75) is 13.3 Å². The molecule has 1 aromatic carbocycles. The lowest BCUT2D eigenvalue weighted by Gasteiger charge is -2.18. The lowest BCUT2D eigenvalue weighted by atomic mass is 10.1. The number of benzene rings is 1. The van der Waals surface area contributed by atoms with Gasteiger partial charge in [0, 0.05) is 38.3 Å². The largest absolute Gasteiger partial charge is 0.370 e. The van der Waals surface area contributed by atoms with Crippen molar-refractivity contribution in [3.8, 4) is 0 Å². The van der Waals surface area contributed by atoms with Crippen molar-refractivity contribution >= 4 is 11.6 Å². The Morgan fingerprint density at radius 2 is 2.17 bits per heavy atom. The van der Waals surface area contributed by atoms with Gasteiger partial charge in [0.05, 0.1) is 11.9 Å². The molecule has 1 amide bonds. The molecule has 1 aliphatic heterocycles. The summed E-state index contributed by atoms with van der Waals surface area (Å²) in [6, 6.07) is 9.20. The number of carbonyl (C=O) groups is 1. The fraction of sp³-hybridized carbons (Fsp3) is 0.389. The minimum atomic E-state index is -0.108. The van der Waals surface area contributed by atoms with Crippen LogP contribution >= 0.6 is 0 Å². The van der Waals surface area contributed by atoms with Crippen molar-refractivity contribution in [3.05, 3.63) is 58.0 Å². The molecule has 1 fully saturated rings. The van der Waals surface area contributed by atoms with Gasteiger partial charge in [0.25, 0.3) is 11.5 Å². The van der Waals surface area contributed by atoms with Crippen LogP contribution in [0.3, 0.4) is 0 Å². The fourth-order valence-electron chi connectivity index (χ4n) is 3.03. The van der Waals surface area contributed by atoms with Crippen LogP contribution in [0.1, 0.15) is 22.3 Å². The van der Waals surface area contributed by atoms with E-state index in [1.807, 2.05) is 31.2 Å². The standard InChI is InChI=1S/C18H22N4O2/c1-13-5-3-4-6-16(13)18(24)19-10-14-7-8-22(12-14)15-9-17(23)21(2)20-11-15/h3-6,9,11,14H,7-8,10,12H2,1-2H3,(H,19,24)/t14-/m0/s1. The average molecular weight is 326 g/mol. The number of rotatable bonds is 4. The summed E-state index contributed by atoms with van der Waals surface area (Å²) in [6.07, 6.45) is 2.71. The molecule has 0 radical (unpaired) electrons. The van der Waals surface area contributed by atoms with E-state index >= 15 is 0 Å². The van der Waals surface area contributed by atoms with Crippen LogP contribution in [-0.4, -0.2) is 35.3 Å². The molecular weight excluding hydrogens is 304 g/mol. The molecule has 1 atom stereocenters. The van der Waals surface area contributed by atoms with E-state index in [-0.39, 0.29) is 11.5 Å². The van der Waals surface area contributed by atoms with Crippen LogP contribution in [0, 0.1) is 12.8 Å². The highest BCUT2D eigenvalue weighted by molar-refractivity contribution is 5.95. The minimum Gasteiger partial charge on any atom is -0.370 e. The number of nitrogens with zero attached hydrogens (tertiary/aromatic N) is 3. The van der Waals surface area contributed by atoms with E-state index in [9.17, 15) is 9.59 Å². The van der Waals surface area contributed by atoms with Crippen molar-refractivity contribution in [2.24, 2.45) is 13.0 Å². The molecule has 1 saturated heterocycles. The lowest BCUT2D eigenvalue weighted by molar-refractivity contribution is 0.0947. The quantitative estimate of drug-likeness (QED) is 0.921. The summed E-state index contributed by atoms with van der Waals surface area (Å²) in [7, 11) is 1.64. The topological polar surface area (TPSA) is 67.2 Å². The van der Waals surface area contributed by atoms with Crippen LogP contribution in [0.5, 0.6) is 0 Å². The Labute approximate surface area is 141 Å². The second-order valence-corrected chi connectivity index (χ2v) is 6.30. The van der Waals surface area contributed by atoms with Crippen molar-refractivity contribution < 1.29 is 4.79 Å². The van der Waals surface area contributed by atoms with Crippen molar-refractivity contribution in [1.29, 1.82) is 0 Å². The summed E-state index contributed by atoms with van der Waals surface area (Å²) in [6.45, 7) is 4.28. The second-order valence-electron chi connectivity index (χ2n) is 6.30. The number of nitrogens with one attached hydrogen (secondary N) is 1. The third kappa shape index (κ3) is 3.48. The van der Waals surface area contributed by atoms with E-state index in [1.54, 1.807) is 19.3 Å². The molecule has 0 spiro atoms. The smallest absolute Gasteiger partial charge is 0.268 e.